The van der Waals surface area contributed by atoms with Crippen LogP contribution in [0, 0.1) is 5.92 Å². The van der Waals surface area contributed by atoms with Crippen LogP contribution in [0.2, 0.25) is 0 Å². The van der Waals surface area contributed by atoms with Gasteiger partial charge in [-0.3, -0.25) is 4.79 Å². The van der Waals surface area contributed by atoms with E-state index in [1.165, 1.54) is 6.08 Å². The molecule has 0 spiro atoms. The van der Waals surface area contributed by atoms with Crippen molar-refractivity contribution in [1.29, 1.82) is 0 Å². The predicted octanol–water partition coefficient (Wildman–Crippen LogP) is 2.85. The van der Waals surface area contributed by atoms with Crippen molar-refractivity contribution in [2.24, 2.45) is 5.92 Å². The number of carbonyl (C=O) groups is 2. The van der Waals surface area contributed by atoms with E-state index in [-0.39, 0.29) is 25.1 Å². The lowest BCUT2D eigenvalue weighted by Gasteiger charge is -2.09. The molecule has 1 aromatic rings. The molecule has 1 atom stereocenters. The first-order valence-electron chi connectivity index (χ1n) is 7.75. The molecular formula is C18H24O6. The zero-order valence-corrected chi connectivity index (χ0v) is 14.5. The molecule has 1 rings (SSSR count). The van der Waals surface area contributed by atoms with Crippen molar-refractivity contribution in [2.45, 2.75) is 20.3 Å². The number of carbonyl (C=O) groups excluding carboxylic acids is 2. The van der Waals surface area contributed by atoms with Gasteiger partial charge in [0.25, 0.3) is 0 Å². The third-order valence-corrected chi connectivity index (χ3v) is 3.42. The summed E-state index contributed by atoms with van der Waals surface area (Å²) >= 11 is 0. The van der Waals surface area contributed by atoms with Crippen LogP contribution in [-0.4, -0.2) is 39.4 Å². The lowest BCUT2D eigenvalue weighted by molar-refractivity contribution is -0.152. The first-order chi connectivity index (χ1) is 11.5. The summed E-state index contributed by atoms with van der Waals surface area (Å²) in [6.45, 7) is 3.76. The maximum Gasteiger partial charge on any atom is 0.330 e. The summed E-state index contributed by atoms with van der Waals surface area (Å²) in [6, 6.07) is 5.26. The van der Waals surface area contributed by atoms with E-state index in [4.69, 9.17) is 18.9 Å². The van der Waals surface area contributed by atoms with E-state index in [9.17, 15) is 9.59 Å². The number of benzene rings is 1. The van der Waals surface area contributed by atoms with Crippen LogP contribution in [0.3, 0.4) is 0 Å². The van der Waals surface area contributed by atoms with Crippen molar-refractivity contribution in [1.82, 2.24) is 0 Å². The number of hydrogen-bond donors (Lipinski definition) is 0. The van der Waals surface area contributed by atoms with E-state index in [0.717, 1.165) is 0 Å². The maximum atomic E-state index is 11.7. The molecule has 0 heterocycles. The SMILES string of the molecule is CCC(C)C(=O)OCCOC(=O)/C=C/c1cc(OC)ccc1OC. The van der Waals surface area contributed by atoms with Crippen molar-refractivity contribution in [3.63, 3.8) is 0 Å². The number of ether oxygens (including phenoxy) is 4. The fourth-order valence-corrected chi connectivity index (χ4v) is 1.77. The van der Waals surface area contributed by atoms with Crippen molar-refractivity contribution in [3.05, 3.63) is 29.8 Å². The monoisotopic (exact) mass is 336 g/mol. The minimum atomic E-state index is -0.528. The van der Waals surface area contributed by atoms with Crippen LogP contribution >= 0.6 is 0 Å². The van der Waals surface area contributed by atoms with Gasteiger partial charge in [0, 0.05) is 11.6 Å². The molecule has 0 aromatic heterocycles. The average Bonchev–Trinajstić information content (AvgIpc) is 2.62. The van der Waals surface area contributed by atoms with Crippen LogP contribution in [0.5, 0.6) is 11.5 Å². The van der Waals surface area contributed by atoms with Crippen LogP contribution in [-0.2, 0) is 19.1 Å². The van der Waals surface area contributed by atoms with Gasteiger partial charge in [0.1, 0.15) is 24.7 Å². The Morgan fingerprint density at radius 1 is 1.12 bits per heavy atom. The smallest absolute Gasteiger partial charge is 0.330 e. The Bertz CT molecular complexity index is 579. The molecule has 0 aliphatic heterocycles. The summed E-state index contributed by atoms with van der Waals surface area (Å²) in [5.74, 6) is 0.300. The standard InChI is InChI=1S/C18H24O6/c1-5-13(2)18(20)24-11-10-23-17(19)9-6-14-12-15(21-3)7-8-16(14)22-4/h6-9,12-13H,5,10-11H2,1-4H3/b9-6+. The first-order valence-corrected chi connectivity index (χ1v) is 7.75. The molecule has 6 heteroatoms. The molecule has 1 unspecified atom stereocenters. The largest absolute Gasteiger partial charge is 0.497 e. The van der Waals surface area contributed by atoms with Crippen molar-refractivity contribution >= 4 is 18.0 Å². The summed E-state index contributed by atoms with van der Waals surface area (Å²) in [5.41, 5.74) is 0.692. The molecule has 0 aliphatic carbocycles. The third kappa shape index (κ3) is 6.32. The van der Waals surface area contributed by atoms with Crippen LogP contribution in [0.15, 0.2) is 24.3 Å². The Hall–Kier alpha value is -2.50. The van der Waals surface area contributed by atoms with Gasteiger partial charge in [-0.25, -0.2) is 4.79 Å². The van der Waals surface area contributed by atoms with Gasteiger partial charge in [-0.15, -0.1) is 0 Å². The normalized spacial score (nSPS) is 11.8. The molecule has 132 valence electrons. The van der Waals surface area contributed by atoms with Gasteiger partial charge in [-0.05, 0) is 30.7 Å². The van der Waals surface area contributed by atoms with Gasteiger partial charge in [0.15, 0.2) is 0 Å². The fraction of sp³-hybridized carbons (Fsp3) is 0.444. The maximum absolute atomic E-state index is 11.7. The quantitative estimate of drug-likeness (QED) is 0.392. The van der Waals surface area contributed by atoms with Crippen LogP contribution < -0.4 is 9.47 Å². The second-order valence-electron chi connectivity index (χ2n) is 5.09. The second kappa shape index (κ2) is 10.3. The highest BCUT2D eigenvalue weighted by Crippen LogP contribution is 2.25. The predicted molar refractivity (Wildman–Crippen MR) is 90.0 cm³/mol. The number of methoxy groups -OCH3 is 2. The molecular weight excluding hydrogens is 312 g/mol. The van der Waals surface area contributed by atoms with E-state index in [0.29, 0.717) is 23.5 Å². The molecule has 0 aliphatic rings. The van der Waals surface area contributed by atoms with E-state index in [1.807, 2.05) is 6.92 Å². The average molecular weight is 336 g/mol. The van der Waals surface area contributed by atoms with Gasteiger partial charge in [0.2, 0.25) is 0 Å². The van der Waals surface area contributed by atoms with Crippen LogP contribution in [0.25, 0.3) is 6.08 Å². The zero-order valence-electron chi connectivity index (χ0n) is 14.5. The molecule has 1 aromatic carbocycles. The molecule has 0 radical (unpaired) electrons. The third-order valence-electron chi connectivity index (χ3n) is 3.42. The highest BCUT2D eigenvalue weighted by atomic mass is 16.6. The number of rotatable bonds is 9. The van der Waals surface area contributed by atoms with E-state index >= 15 is 0 Å². The summed E-state index contributed by atoms with van der Waals surface area (Å²) in [4.78, 5) is 23.1. The van der Waals surface area contributed by atoms with Gasteiger partial charge in [0.05, 0.1) is 20.1 Å². The minimum Gasteiger partial charge on any atom is -0.497 e. The molecule has 0 saturated heterocycles. The Kier molecular flexibility index (Phi) is 8.39. The highest BCUT2D eigenvalue weighted by Gasteiger charge is 2.11. The van der Waals surface area contributed by atoms with Gasteiger partial charge in [-0.2, -0.15) is 0 Å². The molecule has 6 nitrogen and oxygen atoms in total. The Morgan fingerprint density at radius 3 is 2.46 bits per heavy atom. The summed E-state index contributed by atoms with van der Waals surface area (Å²) in [6.07, 6.45) is 3.58. The molecule has 0 amide bonds. The van der Waals surface area contributed by atoms with E-state index < -0.39 is 5.97 Å². The van der Waals surface area contributed by atoms with Gasteiger partial charge < -0.3 is 18.9 Å². The topological polar surface area (TPSA) is 71.1 Å². The lowest BCUT2D eigenvalue weighted by Crippen LogP contribution is -2.17. The highest BCUT2D eigenvalue weighted by molar-refractivity contribution is 5.87. The Balaban J connectivity index is 2.47. The fourth-order valence-electron chi connectivity index (χ4n) is 1.77. The molecule has 0 N–H and O–H groups in total. The van der Waals surface area contributed by atoms with E-state index in [1.54, 1.807) is 45.4 Å². The lowest BCUT2D eigenvalue weighted by atomic mass is 10.1. The van der Waals surface area contributed by atoms with Crippen LogP contribution in [0.1, 0.15) is 25.8 Å². The second-order valence-corrected chi connectivity index (χ2v) is 5.09. The summed E-state index contributed by atoms with van der Waals surface area (Å²) < 4.78 is 20.3. The molecule has 0 fully saturated rings. The summed E-state index contributed by atoms with van der Waals surface area (Å²) in [5, 5.41) is 0. The molecule has 24 heavy (non-hydrogen) atoms. The first kappa shape index (κ1) is 19.5. The van der Waals surface area contributed by atoms with Crippen molar-refractivity contribution in [3.8, 4) is 11.5 Å². The minimum absolute atomic E-state index is 0.0145. The number of hydrogen-bond acceptors (Lipinski definition) is 6. The van der Waals surface area contributed by atoms with Crippen molar-refractivity contribution in [2.75, 3.05) is 27.4 Å². The number of esters is 2. The van der Waals surface area contributed by atoms with Crippen LogP contribution in [0.4, 0.5) is 0 Å². The zero-order chi connectivity index (χ0) is 17.9. The summed E-state index contributed by atoms with van der Waals surface area (Å²) in [7, 11) is 3.10. The Labute approximate surface area is 142 Å². The van der Waals surface area contributed by atoms with Gasteiger partial charge in [-0.1, -0.05) is 13.8 Å². The van der Waals surface area contributed by atoms with Gasteiger partial charge >= 0.3 is 11.9 Å². The Morgan fingerprint density at radius 2 is 1.83 bits per heavy atom. The molecule has 0 bridgehead atoms. The van der Waals surface area contributed by atoms with E-state index in [2.05, 4.69) is 0 Å². The van der Waals surface area contributed by atoms with Crippen molar-refractivity contribution < 1.29 is 28.5 Å². The molecule has 0 saturated carbocycles.